The van der Waals surface area contributed by atoms with Crippen LogP contribution < -0.4 is 4.74 Å². The number of H-pyrrole nitrogens is 1. The van der Waals surface area contributed by atoms with E-state index in [1.165, 1.54) is 5.56 Å². The second kappa shape index (κ2) is 10.1. The molecule has 0 bridgehead atoms. The van der Waals surface area contributed by atoms with E-state index in [1.54, 1.807) is 0 Å². The Balaban J connectivity index is 1.31. The molecule has 1 fully saturated rings. The number of rotatable bonds is 8. The van der Waals surface area contributed by atoms with Crippen molar-refractivity contribution in [1.29, 1.82) is 0 Å². The molecule has 1 unspecified atom stereocenters. The van der Waals surface area contributed by atoms with Crippen molar-refractivity contribution in [3.63, 3.8) is 0 Å². The number of hydrogen-bond donors (Lipinski definition) is 2. The average molecular weight is 455 g/mol. The Bertz CT molecular complexity index is 1230. The summed E-state index contributed by atoms with van der Waals surface area (Å²) in [5.74, 6) is 0.523. The maximum Gasteiger partial charge on any atom is 0.325 e. The topological polar surface area (TPSA) is 65.6 Å². The Labute approximate surface area is 200 Å². The van der Waals surface area contributed by atoms with Crippen LogP contribution in [0.5, 0.6) is 5.75 Å². The number of likely N-dealkylation sites (tertiary alicyclic amines) is 1. The lowest BCUT2D eigenvalue weighted by atomic mass is 9.89. The molecule has 5 heteroatoms. The predicted octanol–water partition coefficient (Wildman–Crippen LogP) is 5.83. The Morgan fingerprint density at radius 3 is 2.32 bits per heavy atom. The van der Waals surface area contributed by atoms with Gasteiger partial charge in [0.1, 0.15) is 18.4 Å². The third-order valence-corrected chi connectivity index (χ3v) is 6.84. The molecule has 5 nitrogen and oxygen atoms in total. The Hall–Kier alpha value is -3.57. The van der Waals surface area contributed by atoms with Crippen LogP contribution in [-0.4, -0.2) is 34.0 Å². The molecule has 0 radical (unpaired) electrons. The van der Waals surface area contributed by atoms with Crippen LogP contribution in [-0.2, 0) is 17.8 Å². The summed E-state index contributed by atoms with van der Waals surface area (Å²) in [6, 6.07) is 25.8. The van der Waals surface area contributed by atoms with Gasteiger partial charge in [0, 0.05) is 22.7 Å². The molecule has 0 spiro atoms. The van der Waals surface area contributed by atoms with E-state index in [4.69, 9.17) is 4.74 Å². The van der Waals surface area contributed by atoms with Crippen LogP contribution in [0.4, 0.5) is 0 Å². The van der Waals surface area contributed by atoms with Crippen molar-refractivity contribution >= 4 is 16.9 Å². The molecule has 0 amide bonds. The SMILES string of the molecule is O=C(O)C(c1c[nH]c2ccc(OCc3ccccc3)cc12)N1CCC(Cc2ccccc2)CC1. The minimum absolute atomic E-state index is 0.476. The number of fused-ring (bicyclic) bond motifs is 1. The van der Waals surface area contributed by atoms with E-state index in [9.17, 15) is 9.90 Å². The second-order valence-electron chi connectivity index (χ2n) is 9.14. The number of aromatic amines is 1. The molecule has 34 heavy (non-hydrogen) atoms. The van der Waals surface area contributed by atoms with E-state index in [2.05, 4.69) is 34.1 Å². The van der Waals surface area contributed by atoms with Crippen LogP contribution in [0.3, 0.4) is 0 Å². The number of benzene rings is 3. The van der Waals surface area contributed by atoms with Crippen molar-refractivity contribution < 1.29 is 14.6 Å². The van der Waals surface area contributed by atoms with Crippen molar-refractivity contribution in [2.24, 2.45) is 5.92 Å². The van der Waals surface area contributed by atoms with Crippen LogP contribution in [0.25, 0.3) is 10.9 Å². The van der Waals surface area contributed by atoms with Gasteiger partial charge in [-0.3, -0.25) is 9.69 Å². The molecule has 1 saturated heterocycles. The van der Waals surface area contributed by atoms with Crippen LogP contribution in [0.15, 0.2) is 85.1 Å². The van der Waals surface area contributed by atoms with Crippen molar-refractivity contribution in [3.05, 3.63) is 102 Å². The van der Waals surface area contributed by atoms with Gasteiger partial charge in [-0.05, 0) is 67.6 Å². The zero-order valence-electron chi connectivity index (χ0n) is 19.2. The zero-order chi connectivity index (χ0) is 23.3. The summed E-state index contributed by atoms with van der Waals surface area (Å²) in [5.41, 5.74) is 4.18. The van der Waals surface area contributed by atoms with Crippen molar-refractivity contribution in [1.82, 2.24) is 9.88 Å². The highest BCUT2D eigenvalue weighted by atomic mass is 16.5. The number of nitrogens with one attached hydrogen (secondary N) is 1. The Morgan fingerprint density at radius 1 is 0.971 bits per heavy atom. The number of carboxylic acids is 1. The lowest BCUT2D eigenvalue weighted by Crippen LogP contribution is -2.40. The van der Waals surface area contributed by atoms with E-state index >= 15 is 0 Å². The molecule has 0 saturated carbocycles. The first-order valence-electron chi connectivity index (χ1n) is 12.0. The summed E-state index contributed by atoms with van der Waals surface area (Å²) < 4.78 is 6.01. The molecule has 3 aromatic carbocycles. The largest absolute Gasteiger partial charge is 0.489 e. The van der Waals surface area contributed by atoms with E-state index in [0.717, 1.165) is 60.1 Å². The quantitative estimate of drug-likeness (QED) is 0.352. The Kier molecular flexibility index (Phi) is 6.63. The number of carboxylic acid groups (broad SMARTS) is 1. The molecule has 1 aliphatic rings. The molecule has 2 N–H and O–H groups in total. The maximum absolute atomic E-state index is 12.4. The van der Waals surface area contributed by atoms with Crippen LogP contribution >= 0.6 is 0 Å². The molecule has 4 aromatic rings. The predicted molar refractivity (Wildman–Crippen MR) is 134 cm³/mol. The molecule has 5 rings (SSSR count). The molecule has 1 aromatic heterocycles. The maximum atomic E-state index is 12.4. The van der Waals surface area contributed by atoms with Crippen LogP contribution in [0.1, 0.15) is 35.6 Å². The lowest BCUT2D eigenvalue weighted by molar-refractivity contribution is -0.144. The Morgan fingerprint density at radius 2 is 1.65 bits per heavy atom. The standard InChI is InChI=1S/C29H30N2O3/c32-29(33)28(31-15-13-22(14-16-31)17-21-7-3-1-4-8-21)26-19-30-27-12-11-24(18-25(26)27)34-20-23-9-5-2-6-10-23/h1-12,18-19,22,28,30H,13-17,20H2,(H,32,33). The smallest absolute Gasteiger partial charge is 0.325 e. The van der Waals surface area contributed by atoms with Gasteiger partial charge in [-0.1, -0.05) is 60.7 Å². The average Bonchev–Trinajstić information content (AvgIpc) is 3.28. The summed E-state index contributed by atoms with van der Waals surface area (Å²) in [5, 5.41) is 11.1. The number of aromatic nitrogens is 1. The minimum atomic E-state index is -0.807. The number of hydrogen-bond acceptors (Lipinski definition) is 3. The van der Waals surface area contributed by atoms with Crippen LogP contribution in [0.2, 0.25) is 0 Å². The summed E-state index contributed by atoms with van der Waals surface area (Å²) >= 11 is 0. The van der Waals surface area contributed by atoms with Gasteiger partial charge in [-0.2, -0.15) is 0 Å². The fourth-order valence-electron chi connectivity index (χ4n) is 5.03. The fourth-order valence-corrected chi connectivity index (χ4v) is 5.03. The molecule has 1 aliphatic heterocycles. The summed E-state index contributed by atoms with van der Waals surface area (Å²) in [6.45, 7) is 2.04. The van der Waals surface area contributed by atoms with Gasteiger partial charge in [0.15, 0.2) is 0 Å². The van der Waals surface area contributed by atoms with Gasteiger partial charge in [-0.25, -0.2) is 0 Å². The normalized spacial score (nSPS) is 15.9. The van der Waals surface area contributed by atoms with E-state index < -0.39 is 12.0 Å². The number of ether oxygens (including phenoxy) is 1. The number of carbonyl (C=O) groups is 1. The second-order valence-corrected chi connectivity index (χ2v) is 9.14. The van der Waals surface area contributed by atoms with E-state index in [-0.39, 0.29) is 0 Å². The van der Waals surface area contributed by atoms with E-state index in [0.29, 0.717) is 12.5 Å². The number of nitrogens with zero attached hydrogens (tertiary/aromatic N) is 1. The molecule has 1 atom stereocenters. The van der Waals surface area contributed by atoms with Gasteiger partial charge in [-0.15, -0.1) is 0 Å². The summed E-state index contributed by atoms with van der Waals surface area (Å²) in [7, 11) is 0. The third kappa shape index (κ3) is 5.00. The van der Waals surface area contributed by atoms with Gasteiger partial charge in [0.2, 0.25) is 0 Å². The first-order chi connectivity index (χ1) is 16.7. The minimum Gasteiger partial charge on any atom is -0.489 e. The first kappa shape index (κ1) is 22.2. The molecular formula is C29H30N2O3. The van der Waals surface area contributed by atoms with Gasteiger partial charge in [0.25, 0.3) is 0 Å². The van der Waals surface area contributed by atoms with Gasteiger partial charge in [0.05, 0.1) is 0 Å². The molecule has 2 heterocycles. The lowest BCUT2D eigenvalue weighted by Gasteiger charge is -2.35. The van der Waals surface area contributed by atoms with Crippen LogP contribution in [0, 0.1) is 5.92 Å². The fraction of sp³-hybridized carbons (Fsp3) is 0.276. The molecule has 0 aliphatic carbocycles. The van der Waals surface area contributed by atoms with Gasteiger partial charge >= 0.3 is 5.97 Å². The van der Waals surface area contributed by atoms with Crippen molar-refractivity contribution in [2.45, 2.75) is 31.9 Å². The zero-order valence-corrected chi connectivity index (χ0v) is 19.2. The molecule has 174 valence electrons. The van der Waals surface area contributed by atoms with E-state index in [1.807, 2.05) is 60.8 Å². The first-order valence-corrected chi connectivity index (χ1v) is 12.0. The molecular weight excluding hydrogens is 424 g/mol. The van der Waals surface area contributed by atoms with Gasteiger partial charge < -0.3 is 14.8 Å². The summed E-state index contributed by atoms with van der Waals surface area (Å²) in [4.78, 5) is 17.8. The van der Waals surface area contributed by atoms with Crippen molar-refractivity contribution in [2.75, 3.05) is 13.1 Å². The summed E-state index contributed by atoms with van der Waals surface area (Å²) in [6.07, 6.45) is 4.92. The highest BCUT2D eigenvalue weighted by Crippen LogP contribution is 2.34. The number of aliphatic carboxylic acids is 1. The third-order valence-electron chi connectivity index (χ3n) is 6.84. The van der Waals surface area contributed by atoms with Crippen molar-refractivity contribution in [3.8, 4) is 5.75 Å². The highest BCUT2D eigenvalue weighted by molar-refractivity contribution is 5.90. The monoisotopic (exact) mass is 454 g/mol. The highest BCUT2D eigenvalue weighted by Gasteiger charge is 2.32. The number of piperidine rings is 1.